The van der Waals surface area contributed by atoms with Crippen LogP contribution in [-0.2, 0) is 15.2 Å². The Morgan fingerprint density at radius 3 is 2.12 bits per heavy atom. The third-order valence-corrected chi connectivity index (χ3v) is 5.99. The van der Waals surface area contributed by atoms with Gasteiger partial charge in [-0.2, -0.15) is 0 Å². The quantitative estimate of drug-likeness (QED) is 0.579. The number of halogens is 3. The van der Waals surface area contributed by atoms with Crippen molar-refractivity contribution < 1.29 is 22.8 Å². The van der Waals surface area contributed by atoms with Gasteiger partial charge in [-0.05, 0) is 43.2 Å². The van der Waals surface area contributed by atoms with Crippen LogP contribution in [0.15, 0.2) is 42.5 Å². The number of alkyl halides is 3. The lowest BCUT2D eigenvalue weighted by Crippen LogP contribution is -2.27. The number of fused-ring (bicyclic) bond motifs is 2. The lowest BCUT2D eigenvalue weighted by molar-refractivity contribution is -0.0987. The van der Waals surface area contributed by atoms with Crippen LogP contribution >= 0.6 is 0 Å². The zero-order chi connectivity index (χ0) is 23.9. The van der Waals surface area contributed by atoms with Crippen molar-refractivity contribution in [3.8, 4) is 5.69 Å². The number of rotatable bonds is 3. The summed E-state index contributed by atoms with van der Waals surface area (Å²) < 4.78 is 44.7. The molecule has 5 nitrogen and oxygen atoms in total. The molecule has 3 aromatic rings. The molecular weight excluding hydrogens is 418 g/mol. The van der Waals surface area contributed by atoms with Crippen LogP contribution in [0.3, 0.4) is 0 Å². The molecule has 1 aromatic heterocycles. The fraction of sp³-hybridized carbons (Fsp3) is 0.348. The van der Waals surface area contributed by atoms with Crippen molar-refractivity contribution in [1.82, 2.24) is 9.78 Å². The van der Waals surface area contributed by atoms with E-state index in [0.717, 1.165) is 22.2 Å². The molecular formula is C23H23BF3N3O2. The Labute approximate surface area is 185 Å². The lowest BCUT2D eigenvalue weighted by atomic mass is 9.79. The summed E-state index contributed by atoms with van der Waals surface area (Å²) in [5.74, 6) is 0.576. The molecule has 0 bridgehead atoms. The topological polar surface area (TPSA) is 55.2 Å². The second-order valence-corrected chi connectivity index (χ2v) is 8.29. The molecule has 2 aromatic carbocycles. The van der Waals surface area contributed by atoms with Gasteiger partial charge in [0.25, 0.3) is 0 Å². The summed E-state index contributed by atoms with van der Waals surface area (Å²) in [7, 11) is 5.52. The number of carbonyl (C=O) groups is 2. The molecule has 5 rings (SSSR count). The Kier molecular flexibility index (Phi) is 5.97. The smallest absolute Gasteiger partial charge is 0.167 e. The molecule has 2 aliphatic rings. The van der Waals surface area contributed by atoms with E-state index in [1.165, 1.54) is 6.92 Å². The van der Waals surface area contributed by atoms with Crippen LogP contribution < -0.4 is 4.90 Å². The van der Waals surface area contributed by atoms with Gasteiger partial charge in [0.15, 0.2) is 17.2 Å². The van der Waals surface area contributed by atoms with Crippen LogP contribution in [0.5, 0.6) is 0 Å². The molecule has 2 fully saturated rings. The summed E-state index contributed by atoms with van der Waals surface area (Å²) >= 11 is 0. The number of aryl methyl sites for hydroxylation is 1. The molecule has 1 aliphatic heterocycles. The highest BCUT2D eigenvalue weighted by Gasteiger charge is 2.76. The maximum absolute atomic E-state index is 14.5. The van der Waals surface area contributed by atoms with E-state index in [0.29, 0.717) is 11.4 Å². The minimum Gasteiger partial charge on any atom is -0.348 e. The SMILES string of the molecule is C=O.C=O.[B]C(C)(F)c1ccc(-n2nc(N3CC4(F)CC4(F)C3)c3c(C)cccc32)cc1. The van der Waals surface area contributed by atoms with Gasteiger partial charge in [0.1, 0.15) is 21.4 Å². The molecule has 166 valence electrons. The van der Waals surface area contributed by atoms with E-state index in [1.54, 1.807) is 33.8 Å². The molecule has 3 atom stereocenters. The Morgan fingerprint density at radius 1 is 1.03 bits per heavy atom. The second-order valence-electron chi connectivity index (χ2n) is 8.29. The first-order valence-corrected chi connectivity index (χ1v) is 9.89. The third kappa shape index (κ3) is 3.69. The molecule has 2 radical (unpaired) electrons. The zero-order valence-electron chi connectivity index (χ0n) is 17.9. The molecule has 1 saturated heterocycles. The minimum absolute atomic E-state index is 0.0102. The molecule has 0 amide bonds. The normalized spacial score (nSPS) is 25.1. The first-order chi connectivity index (χ1) is 15.1. The minimum atomic E-state index is -1.92. The average Bonchev–Trinajstić information content (AvgIpc) is 3.05. The van der Waals surface area contributed by atoms with Gasteiger partial charge in [-0.15, -0.1) is 5.10 Å². The predicted molar refractivity (Wildman–Crippen MR) is 119 cm³/mol. The maximum Gasteiger partial charge on any atom is 0.167 e. The number of hydrogen-bond donors (Lipinski definition) is 0. The zero-order valence-corrected chi connectivity index (χ0v) is 17.9. The number of carbonyl (C=O) groups excluding carboxylic acids is 2. The van der Waals surface area contributed by atoms with Gasteiger partial charge in [0.05, 0.1) is 29.9 Å². The van der Waals surface area contributed by atoms with Gasteiger partial charge >= 0.3 is 0 Å². The number of anilines is 1. The van der Waals surface area contributed by atoms with Crippen LogP contribution in [0.4, 0.5) is 19.0 Å². The van der Waals surface area contributed by atoms with E-state index in [1.807, 2.05) is 38.7 Å². The third-order valence-electron chi connectivity index (χ3n) is 5.99. The van der Waals surface area contributed by atoms with Crippen LogP contribution in [-0.4, -0.2) is 55.6 Å². The Bertz CT molecular complexity index is 1110. The second kappa shape index (κ2) is 8.11. The molecule has 9 heteroatoms. The molecule has 1 aliphatic carbocycles. The molecule has 32 heavy (non-hydrogen) atoms. The predicted octanol–water partition coefficient (Wildman–Crippen LogP) is 3.92. The van der Waals surface area contributed by atoms with Gasteiger partial charge < -0.3 is 14.5 Å². The summed E-state index contributed by atoms with van der Waals surface area (Å²) in [4.78, 5) is 17.7. The fourth-order valence-electron chi connectivity index (χ4n) is 4.27. The van der Waals surface area contributed by atoms with Crippen molar-refractivity contribution >= 4 is 38.1 Å². The van der Waals surface area contributed by atoms with Crippen molar-refractivity contribution in [2.75, 3.05) is 18.0 Å². The number of piperidine rings is 1. The van der Waals surface area contributed by atoms with Crippen molar-refractivity contribution in [1.29, 1.82) is 0 Å². The maximum atomic E-state index is 14.5. The summed E-state index contributed by atoms with van der Waals surface area (Å²) in [5, 5.41) is 5.57. The average molecular weight is 441 g/mol. The Hall–Kier alpha value is -3.10. The van der Waals surface area contributed by atoms with E-state index in [4.69, 9.17) is 22.5 Å². The molecule has 2 heterocycles. The molecule has 3 unspecified atom stereocenters. The van der Waals surface area contributed by atoms with Gasteiger partial charge in [-0.1, -0.05) is 24.3 Å². The Balaban J connectivity index is 0.000000686. The molecule has 1 saturated carbocycles. The van der Waals surface area contributed by atoms with Crippen molar-refractivity contribution in [2.24, 2.45) is 0 Å². The van der Waals surface area contributed by atoms with Gasteiger partial charge in [-0.25, -0.2) is 13.5 Å². The highest BCUT2D eigenvalue weighted by molar-refractivity contribution is 6.14. The van der Waals surface area contributed by atoms with E-state index < -0.39 is 16.9 Å². The van der Waals surface area contributed by atoms with Gasteiger partial charge in [-0.3, -0.25) is 4.39 Å². The van der Waals surface area contributed by atoms with E-state index in [2.05, 4.69) is 0 Å². The first-order valence-electron chi connectivity index (χ1n) is 9.89. The summed E-state index contributed by atoms with van der Waals surface area (Å²) in [6.45, 7) is 7.27. The summed E-state index contributed by atoms with van der Waals surface area (Å²) in [6.07, 6.45) is -0.0311. The highest BCUT2D eigenvalue weighted by atomic mass is 19.2. The van der Waals surface area contributed by atoms with Crippen LogP contribution in [0.2, 0.25) is 0 Å². The largest absolute Gasteiger partial charge is 0.348 e. The summed E-state index contributed by atoms with van der Waals surface area (Å²) in [5.41, 5.74) is -2.55. The van der Waals surface area contributed by atoms with Crippen LogP contribution in [0.25, 0.3) is 16.6 Å². The highest BCUT2D eigenvalue weighted by Crippen LogP contribution is 2.60. The van der Waals surface area contributed by atoms with Crippen LogP contribution in [0, 0.1) is 6.92 Å². The summed E-state index contributed by atoms with van der Waals surface area (Å²) in [6, 6.07) is 12.5. The van der Waals surface area contributed by atoms with E-state index >= 15 is 0 Å². The number of nitrogens with zero attached hydrogens (tertiary/aromatic N) is 3. The van der Waals surface area contributed by atoms with E-state index in [-0.39, 0.29) is 19.5 Å². The van der Waals surface area contributed by atoms with Gasteiger partial charge in [0.2, 0.25) is 0 Å². The molecule has 0 N–H and O–H groups in total. The number of hydrogen-bond acceptors (Lipinski definition) is 4. The number of aromatic nitrogens is 2. The monoisotopic (exact) mass is 441 g/mol. The van der Waals surface area contributed by atoms with Gasteiger partial charge in [0, 0.05) is 11.8 Å². The molecule has 0 spiro atoms. The Morgan fingerprint density at radius 2 is 1.59 bits per heavy atom. The van der Waals surface area contributed by atoms with Crippen molar-refractivity contribution in [2.45, 2.75) is 37.2 Å². The fourth-order valence-corrected chi connectivity index (χ4v) is 4.27. The lowest BCUT2D eigenvalue weighted by Gasteiger charge is -2.18. The first kappa shape index (κ1) is 23.6. The standard InChI is InChI=1S/C21H19BF3N3.2CH2O/c1-13-4-3-5-16-17(13)18(27-11-20(24)10-21(20,25)12-27)26-28(16)15-8-6-14(7-9-15)19(2,22)23;2*1-2/h3-9H,10-12H2,1-2H3;2*1H2. The van der Waals surface area contributed by atoms with Crippen molar-refractivity contribution in [3.63, 3.8) is 0 Å². The van der Waals surface area contributed by atoms with Crippen LogP contribution in [0.1, 0.15) is 24.5 Å². The van der Waals surface area contributed by atoms with Crippen molar-refractivity contribution in [3.05, 3.63) is 53.6 Å². The van der Waals surface area contributed by atoms with E-state index in [9.17, 15) is 13.2 Å². The number of benzene rings is 2.